The van der Waals surface area contributed by atoms with Crippen LogP contribution in [0.3, 0.4) is 0 Å². The molecule has 3 N–H and O–H groups in total. The van der Waals surface area contributed by atoms with E-state index in [1.54, 1.807) is 29.2 Å². The lowest BCUT2D eigenvalue weighted by molar-refractivity contribution is 0.832. The van der Waals surface area contributed by atoms with Crippen LogP contribution in [-0.2, 0) is 0 Å². The summed E-state index contributed by atoms with van der Waals surface area (Å²) in [4.78, 5) is 4.14. The van der Waals surface area contributed by atoms with Gasteiger partial charge in [0, 0.05) is 11.8 Å². The standard InChI is InChI=1S/C10H10ClN5/c1-6-8(11)5-16(15-6)9-4-7(10(12)13)2-3-14-9/h2-5H,1H3,(H3,12,13). The fourth-order valence-electron chi connectivity index (χ4n) is 1.27. The third-order valence-corrected chi connectivity index (χ3v) is 2.50. The van der Waals surface area contributed by atoms with E-state index in [1.807, 2.05) is 6.92 Å². The first kappa shape index (κ1) is 10.6. The first-order chi connectivity index (χ1) is 7.58. The van der Waals surface area contributed by atoms with Crippen LogP contribution in [-0.4, -0.2) is 20.6 Å². The van der Waals surface area contributed by atoms with Crippen molar-refractivity contribution in [2.24, 2.45) is 5.73 Å². The summed E-state index contributed by atoms with van der Waals surface area (Å²) in [7, 11) is 0. The maximum absolute atomic E-state index is 7.34. The van der Waals surface area contributed by atoms with Gasteiger partial charge in [-0.2, -0.15) is 5.10 Å². The Bertz CT molecular complexity index is 526. The van der Waals surface area contributed by atoms with Gasteiger partial charge >= 0.3 is 0 Å². The molecule has 0 aliphatic heterocycles. The normalized spacial score (nSPS) is 10.4. The number of amidine groups is 1. The van der Waals surface area contributed by atoms with Crippen LogP contribution in [0.15, 0.2) is 24.5 Å². The van der Waals surface area contributed by atoms with E-state index in [0.717, 1.165) is 5.69 Å². The van der Waals surface area contributed by atoms with E-state index in [9.17, 15) is 0 Å². The summed E-state index contributed by atoms with van der Waals surface area (Å²) in [6, 6.07) is 3.36. The van der Waals surface area contributed by atoms with Crippen LogP contribution in [0.4, 0.5) is 0 Å². The maximum atomic E-state index is 7.34. The highest BCUT2D eigenvalue weighted by Crippen LogP contribution is 2.15. The summed E-state index contributed by atoms with van der Waals surface area (Å²) in [6.07, 6.45) is 3.25. The van der Waals surface area contributed by atoms with Crippen LogP contribution in [0, 0.1) is 12.3 Å². The molecule has 0 aliphatic carbocycles. The lowest BCUT2D eigenvalue weighted by Crippen LogP contribution is -2.12. The maximum Gasteiger partial charge on any atom is 0.154 e. The molecule has 82 valence electrons. The average molecular weight is 236 g/mol. The third kappa shape index (κ3) is 1.90. The second-order valence-corrected chi connectivity index (χ2v) is 3.73. The number of aromatic nitrogens is 3. The molecule has 0 amide bonds. The molecule has 16 heavy (non-hydrogen) atoms. The second-order valence-electron chi connectivity index (χ2n) is 3.32. The first-order valence-corrected chi connectivity index (χ1v) is 4.98. The Morgan fingerprint density at radius 2 is 2.31 bits per heavy atom. The van der Waals surface area contributed by atoms with E-state index in [1.165, 1.54) is 0 Å². The fraction of sp³-hybridized carbons (Fsp3) is 0.100. The Hall–Kier alpha value is -1.88. The highest BCUT2D eigenvalue weighted by atomic mass is 35.5. The summed E-state index contributed by atoms with van der Waals surface area (Å²) in [5.41, 5.74) is 6.73. The molecule has 2 heterocycles. The van der Waals surface area contributed by atoms with Crippen LogP contribution in [0.25, 0.3) is 5.82 Å². The fourth-order valence-corrected chi connectivity index (χ4v) is 1.40. The van der Waals surface area contributed by atoms with E-state index < -0.39 is 0 Å². The molecule has 2 aromatic rings. The highest BCUT2D eigenvalue weighted by Gasteiger charge is 2.06. The van der Waals surface area contributed by atoms with Gasteiger partial charge in [-0.1, -0.05) is 11.6 Å². The van der Waals surface area contributed by atoms with Crippen molar-refractivity contribution >= 4 is 17.4 Å². The van der Waals surface area contributed by atoms with Gasteiger partial charge in [0.15, 0.2) is 5.82 Å². The second kappa shape index (κ2) is 3.94. The van der Waals surface area contributed by atoms with Gasteiger partial charge in [0.2, 0.25) is 0 Å². The van der Waals surface area contributed by atoms with Gasteiger partial charge in [-0.3, -0.25) is 5.41 Å². The Labute approximate surface area is 97.4 Å². The monoisotopic (exact) mass is 235 g/mol. The summed E-state index contributed by atoms with van der Waals surface area (Å²) < 4.78 is 1.56. The van der Waals surface area contributed by atoms with Gasteiger partial charge in [0.05, 0.1) is 16.9 Å². The SMILES string of the molecule is Cc1nn(-c2cc(C(=N)N)ccn2)cc1Cl. The van der Waals surface area contributed by atoms with E-state index in [2.05, 4.69) is 10.1 Å². The van der Waals surface area contributed by atoms with Crippen LogP contribution < -0.4 is 5.73 Å². The van der Waals surface area contributed by atoms with E-state index in [4.69, 9.17) is 22.7 Å². The Balaban J connectivity index is 2.48. The van der Waals surface area contributed by atoms with Crippen molar-refractivity contribution < 1.29 is 0 Å². The number of nitrogens with two attached hydrogens (primary N) is 1. The zero-order valence-electron chi connectivity index (χ0n) is 8.61. The highest BCUT2D eigenvalue weighted by molar-refractivity contribution is 6.31. The minimum Gasteiger partial charge on any atom is -0.384 e. The number of hydrogen-bond donors (Lipinski definition) is 2. The number of hydrogen-bond acceptors (Lipinski definition) is 3. The number of aryl methyl sites for hydroxylation is 1. The zero-order valence-corrected chi connectivity index (χ0v) is 9.36. The van der Waals surface area contributed by atoms with E-state index >= 15 is 0 Å². The van der Waals surface area contributed by atoms with Crippen molar-refractivity contribution in [2.45, 2.75) is 6.92 Å². The Kier molecular flexibility index (Phi) is 2.62. The molecule has 0 aliphatic rings. The molecule has 6 heteroatoms. The molecule has 0 saturated carbocycles. The number of nitrogens with zero attached hydrogens (tertiary/aromatic N) is 3. The van der Waals surface area contributed by atoms with Gasteiger partial charge in [-0.25, -0.2) is 9.67 Å². The van der Waals surface area contributed by atoms with Gasteiger partial charge in [-0.05, 0) is 19.1 Å². The molecular formula is C10H10ClN5. The predicted octanol–water partition coefficient (Wildman–Crippen LogP) is 1.51. The molecule has 0 atom stereocenters. The van der Waals surface area contributed by atoms with Crippen LogP contribution in [0.5, 0.6) is 0 Å². The van der Waals surface area contributed by atoms with Gasteiger partial charge in [0.25, 0.3) is 0 Å². The predicted molar refractivity (Wildman–Crippen MR) is 62.1 cm³/mol. The lowest BCUT2D eigenvalue weighted by Gasteiger charge is -2.02. The Morgan fingerprint density at radius 3 is 2.88 bits per heavy atom. The van der Waals surface area contributed by atoms with E-state index in [-0.39, 0.29) is 5.84 Å². The molecule has 0 spiro atoms. The minimum absolute atomic E-state index is 0.00127. The quantitative estimate of drug-likeness (QED) is 0.612. The zero-order chi connectivity index (χ0) is 11.7. The summed E-state index contributed by atoms with van der Waals surface area (Å²) in [5.74, 6) is 0.585. The van der Waals surface area contributed by atoms with Gasteiger partial charge in [0.1, 0.15) is 5.84 Å². The van der Waals surface area contributed by atoms with Gasteiger partial charge in [-0.15, -0.1) is 0 Å². The molecular weight excluding hydrogens is 226 g/mol. The summed E-state index contributed by atoms with van der Waals surface area (Å²) >= 11 is 5.90. The lowest BCUT2D eigenvalue weighted by atomic mass is 10.2. The molecule has 0 radical (unpaired) electrons. The first-order valence-electron chi connectivity index (χ1n) is 4.60. The number of halogens is 1. The number of rotatable bonds is 2. The van der Waals surface area contributed by atoms with Crippen molar-refractivity contribution in [3.63, 3.8) is 0 Å². The van der Waals surface area contributed by atoms with E-state index in [0.29, 0.717) is 16.4 Å². The minimum atomic E-state index is -0.00127. The third-order valence-electron chi connectivity index (χ3n) is 2.13. The Morgan fingerprint density at radius 1 is 1.56 bits per heavy atom. The number of nitrogens with one attached hydrogen (secondary N) is 1. The average Bonchev–Trinajstić information content (AvgIpc) is 2.59. The largest absolute Gasteiger partial charge is 0.384 e. The molecule has 0 fully saturated rings. The molecule has 0 saturated heterocycles. The number of pyridine rings is 1. The van der Waals surface area contributed by atoms with Crippen molar-refractivity contribution in [3.05, 3.63) is 40.8 Å². The van der Waals surface area contributed by atoms with Crippen molar-refractivity contribution in [3.8, 4) is 5.82 Å². The van der Waals surface area contributed by atoms with Crippen molar-refractivity contribution in [1.29, 1.82) is 5.41 Å². The van der Waals surface area contributed by atoms with Crippen LogP contribution in [0.2, 0.25) is 5.02 Å². The molecule has 0 bridgehead atoms. The molecule has 0 aromatic carbocycles. The molecule has 5 nitrogen and oxygen atoms in total. The number of nitrogen functional groups attached to an aromatic ring is 1. The summed E-state index contributed by atoms with van der Waals surface area (Å²) in [6.45, 7) is 1.81. The molecule has 0 unspecified atom stereocenters. The van der Waals surface area contributed by atoms with Crippen molar-refractivity contribution in [1.82, 2.24) is 14.8 Å². The van der Waals surface area contributed by atoms with Crippen LogP contribution in [0.1, 0.15) is 11.3 Å². The molecule has 2 aromatic heterocycles. The van der Waals surface area contributed by atoms with Crippen molar-refractivity contribution in [2.75, 3.05) is 0 Å². The van der Waals surface area contributed by atoms with Gasteiger partial charge < -0.3 is 5.73 Å². The topological polar surface area (TPSA) is 80.6 Å². The summed E-state index contributed by atoms with van der Waals surface area (Å²) in [5, 5.41) is 12.1. The smallest absolute Gasteiger partial charge is 0.154 e. The van der Waals surface area contributed by atoms with Crippen LogP contribution >= 0.6 is 11.6 Å². The molecule has 2 rings (SSSR count).